The van der Waals surface area contributed by atoms with Crippen LogP contribution in [-0.2, 0) is 9.59 Å². The molecule has 0 aromatic carbocycles. The van der Waals surface area contributed by atoms with Crippen molar-refractivity contribution >= 4 is 60.4 Å². The summed E-state index contributed by atoms with van der Waals surface area (Å²) in [5, 5.41) is 22.9. The molecule has 160 valence electrons. The quantitative estimate of drug-likeness (QED) is 0.316. The number of ketones is 2. The predicted octanol–water partition coefficient (Wildman–Crippen LogP) is 2.58. The van der Waals surface area contributed by atoms with Crippen molar-refractivity contribution in [2.24, 2.45) is 21.7 Å². The van der Waals surface area contributed by atoms with Crippen LogP contribution in [0.2, 0.25) is 0 Å². The van der Waals surface area contributed by atoms with E-state index in [0.29, 0.717) is 0 Å². The largest absolute Gasteiger partial charge is 2.00 e. The SMILES string of the molecule is CC(C)(C)C(=O)/C=C(/[O-])C(C)(C)C.CC(C)(C)C(=O)/C=C(\[O-])C(C)(C)C.O.[Ba+2]. The van der Waals surface area contributed by atoms with Gasteiger partial charge in [0, 0.05) is 10.8 Å². The first kappa shape index (κ1) is 35.4. The number of hydrogen-bond acceptors (Lipinski definition) is 4. The molecular weight excluding hydrogens is 482 g/mol. The van der Waals surface area contributed by atoms with Crippen molar-refractivity contribution in [2.75, 3.05) is 0 Å². The molecule has 0 aromatic heterocycles. The third-order valence-electron chi connectivity index (χ3n) is 3.48. The summed E-state index contributed by atoms with van der Waals surface area (Å²) < 4.78 is 0. The number of rotatable bonds is 2. The average molecular weight is 522 g/mol. The molecule has 0 bridgehead atoms. The molecule has 0 fully saturated rings. The molecule has 0 saturated carbocycles. The first-order valence-corrected chi connectivity index (χ1v) is 8.97. The van der Waals surface area contributed by atoms with E-state index in [2.05, 4.69) is 0 Å². The zero-order chi connectivity index (χ0) is 21.7. The van der Waals surface area contributed by atoms with Gasteiger partial charge in [0.05, 0.1) is 0 Å². The molecule has 0 amide bonds. The Balaban J connectivity index is -0.000000192. The van der Waals surface area contributed by atoms with E-state index in [-0.39, 0.29) is 77.4 Å². The van der Waals surface area contributed by atoms with Gasteiger partial charge in [-0.1, -0.05) is 83.1 Å². The van der Waals surface area contributed by atoms with E-state index in [1.54, 1.807) is 0 Å². The summed E-state index contributed by atoms with van der Waals surface area (Å²) in [5.74, 6) is -0.417. The van der Waals surface area contributed by atoms with Crippen molar-refractivity contribution in [2.45, 2.75) is 83.1 Å². The van der Waals surface area contributed by atoms with Crippen molar-refractivity contribution in [3.05, 3.63) is 23.7 Å². The standard InChI is InChI=1S/2C11H20O2.Ba.H2O/c2*1-10(2,3)8(12)7-9(13)11(4,5)6;;/h2*7,12H,1-6H3;;1H2/q;;+2;/p-2/b8-7+;8-7-;;. The van der Waals surface area contributed by atoms with E-state index in [9.17, 15) is 19.8 Å². The summed E-state index contributed by atoms with van der Waals surface area (Å²) in [6.45, 7) is 21.7. The Kier molecular flexibility index (Phi) is 15.9. The molecule has 6 heteroatoms. The van der Waals surface area contributed by atoms with Crippen molar-refractivity contribution in [3.8, 4) is 0 Å². The fraction of sp³-hybridized carbons (Fsp3) is 0.727. The Morgan fingerprint density at radius 1 is 0.536 bits per heavy atom. The number of carbonyl (C=O) groups is 2. The normalized spacial score (nSPS) is 13.4. The number of allylic oxidation sites excluding steroid dienone is 4. The molecule has 0 unspecified atom stereocenters. The summed E-state index contributed by atoms with van der Waals surface area (Å²) in [7, 11) is 0. The summed E-state index contributed by atoms with van der Waals surface area (Å²) in [4.78, 5) is 22.9. The number of hydrogen-bond donors (Lipinski definition) is 0. The maximum Gasteiger partial charge on any atom is 2.00 e. The van der Waals surface area contributed by atoms with Gasteiger partial charge in [0.2, 0.25) is 0 Å². The summed E-state index contributed by atoms with van der Waals surface area (Å²) in [6, 6.07) is 0. The van der Waals surface area contributed by atoms with Crippen molar-refractivity contribution in [3.63, 3.8) is 0 Å². The molecule has 0 rings (SSSR count). The van der Waals surface area contributed by atoms with Crippen LogP contribution in [-0.4, -0.2) is 65.9 Å². The molecule has 0 aliphatic heterocycles. The third-order valence-corrected chi connectivity index (χ3v) is 3.48. The van der Waals surface area contributed by atoms with Crippen LogP contribution < -0.4 is 10.2 Å². The van der Waals surface area contributed by atoms with Crippen LogP contribution >= 0.6 is 0 Å². The summed E-state index contributed by atoms with van der Waals surface area (Å²) in [6.07, 6.45) is 2.44. The molecule has 0 aliphatic carbocycles. The van der Waals surface area contributed by atoms with Crippen LogP contribution in [0.1, 0.15) is 83.1 Å². The van der Waals surface area contributed by atoms with Crippen molar-refractivity contribution < 1.29 is 25.3 Å². The Labute approximate surface area is 212 Å². The van der Waals surface area contributed by atoms with E-state index in [0.717, 1.165) is 0 Å². The van der Waals surface area contributed by atoms with Gasteiger partial charge in [0.25, 0.3) is 0 Å². The van der Waals surface area contributed by atoms with E-state index in [1.807, 2.05) is 83.1 Å². The Morgan fingerprint density at radius 3 is 0.821 bits per heavy atom. The molecule has 0 atom stereocenters. The van der Waals surface area contributed by atoms with Crippen molar-refractivity contribution in [1.82, 2.24) is 0 Å². The second-order valence-electron chi connectivity index (χ2n) is 10.7. The molecule has 2 N–H and O–H groups in total. The van der Waals surface area contributed by atoms with Gasteiger partial charge >= 0.3 is 48.9 Å². The summed E-state index contributed by atoms with van der Waals surface area (Å²) in [5.41, 5.74) is -1.83. The van der Waals surface area contributed by atoms with Gasteiger partial charge in [-0.2, -0.15) is 0 Å². The Morgan fingerprint density at radius 2 is 0.714 bits per heavy atom. The third kappa shape index (κ3) is 15.8. The zero-order valence-corrected chi connectivity index (χ0v) is 24.4. The van der Waals surface area contributed by atoms with Crippen LogP contribution in [0.4, 0.5) is 0 Å². The van der Waals surface area contributed by atoms with Gasteiger partial charge in [0.15, 0.2) is 11.6 Å². The van der Waals surface area contributed by atoms with Crippen molar-refractivity contribution in [1.29, 1.82) is 0 Å². The minimum Gasteiger partial charge on any atom is -0.875 e. The monoisotopic (exact) mass is 522 g/mol. The maximum absolute atomic E-state index is 11.4. The van der Waals surface area contributed by atoms with E-state index in [1.165, 1.54) is 12.2 Å². The second-order valence-corrected chi connectivity index (χ2v) is 10.7. The van der Waals surface area contributed by atoms with E-state index < -0.39 is 21.7 Å². The minimum atomic E-state index is -0.457. The molecule has 0 spiro atoms. The van der Waals surface area contributed by atoms with E-state index >= 15 is 0 Å². The Hall–Kier alpha value is -0.0486. The minimum absolute atomic E-state index is 0. The van der Waals surface area contributed by atoms with Gasteiger partial charge < -0.3 is 15.7 Å². The van der Waals surface area contributed by atoms with Crippen LogP contribution in [0.5, 0.6) is 0 Å². The molecule has 0 saturated heterocycles. The first-order valence-electron chi connectivity index (χ1n) is 8.97. The summed E-state index contributed by atoms with van der Waals surface area (Å²) >= 11 is 0. The number of carbonyl (C=O) groups excluding carboxylic acids is 2. The molecule has 5 nitrogen and oxygen atoms in total. The molecule has 0 radical (unpaired) electrons. The van der Waals surface area contributed by atoms with Crippen LogP contribution in [0, 0.1) is 21.7 Å². The second kappa shape index (κ2) is 12.6. The predicted molar refractivity (Wildman–Crippen MR) is 113 cm³/mol. The average Bonchev–Trinajstić information content (AvgIpc) is 2.34. The van der Waals surface area contributed by atoms with Crippen LogP contribution in [0.15, 0.2) is 23.7 Å². The topological polar surface area (TPSA) is 112 Å². The molecule has 0 aliphatic rings. The molecule has 28 heavy (non-hydrogen) atoms. The van der Waals surface area contributed by atoms with Crippen LogP contribution in [0.3, 0.4) is 0 Å². The fourth-order valence-electron chi connectivity index (χ4n) is 1.10. The maximum atomic E-state index is 11.4. The zero-order valence-electron chi connectivity index (χ0n) is 20.0. The molecular formula is C22H40BaO5. The van der Waals surface area contributed by atoms with Gasteiger partial charge in [-0.25, -0.2) is 0 Å². The fourth-order valence-corrected chi connectivity index (χ4v) is 1.10. The van der Waals surface area contributed by atoms with Crippen LogP contribution in [0.25, 0.3) is 0 Å². The molecule has 0 aromatic rings. The first-order chi connectivity index (χ1) is 11.1. The van der Waals surface area contributed by atoms with Gasteiger partial charge in [0.1, 0.15) is 0 Å². The Bertz CT molecular complexity index is 508. The van der Waals surface area contributed by atoms with Gasteiger partial charge in [-0.3, -0.25) is 9.59 Å². The van der Waals surface area contributed by atoms with Gasteiger partial charge in [-0.15, -0.1) is 11.5 Å². The van der Waals surface area contributed by atoms with Gasteiger partial charge in [-0.05, 0) is 23.0 Å². The smallest absolute Gasteiger partial charge is 0.875 e. The van der Waals surface area contributed by atoms with E-state index in [4.69, 9.17) is 0 Å². The molecule has 0 heterocycles.